The molecule has 1 spiro atoms. The number of halogens is 1. The lowest BCUT2D eigenvalue weighted by atomic mass is 9.65. The van der Waals surface area contributed by atoms with Gasteiger partial charge < -0.3 is 15.1 Å². The van der Waals surface area contributed by atoms with Crippen LogP contribution >= 0.6 is 0 Å². The molecule has 26 heavy (non-hydrogen) atoms. The molecule has 1 saturated heterocycles. The second-order valence-corrected chi connectivity index (χ2v) is 8.13. The Morgan fingerprint density at radius 1 is 1.35 bits per heavy atom. The highest BCUT2D eigenvalue weighted by atomic mass is 19.1. The minimum atomic E-state index is -0.336. The number of anilines is 1. The van der Waals surface area contributed by atoms with Crippen LogP contribution < -0.4 is 10.2 Å². The standard InChI is InChI=1S/C19H25FN4O2/c1-22-6-5-19(12-22)8-15(9-19)21-17(25)11-24-10-13-7-14(20)3-4-16(13)23(2)18(24)26/h3-4,7,15H,5-6,8-12H2,1-2H3,(H,21,25). The molecular weight excluding hydrogens is 335 g/mol. The van der Waals surface area contributed by atoms with Crippen molar-refractivity contribution >= 4 is 17.6 Å². The number of likely N-dealkylation sites (tertiary alicyclic amines) is 1. The second-order valence-electron chi connectivity index (χ2n) is 8.13. The van der Waals surface area contributed by atoms with Gasteiger partial charge in [0.1, 0.15) is 12.4 Å². The predicted octanol–water partition coefficient (Wildman–Crippen LogP) is 1.80. The minimum Gasteiger partial charge on any atom is -0.352 e. The molecule has 1 aromatic rings. The number of hydrogen-bond acceptors (Lipinski definition) is 3. The summed E-state index contributed by atoms with van der Waals surface area (Å²) in [7, 11) is 3.79. The summed E-state index contributed by atoms with van der Waals surface area (Å²) in [6.07, 6.45) is 3.24. The molecule has 2 heterocycles. The van der Waals surface area contributed by atoms with Crippen molar-refractivity contribution in [3.63, 3.8) is 0 Å². The molecule has 1 aromatic carbocycles. The molecule has 3 aliphatic rings. The number of amides is 3. The number of hydrogen-bond donors (Lipinski definition) is 1. The summed E-state index contributed by atoms with van der Waals surface area (Å²) in [5.41, 5.74) is 1.79. The highest BCUT2D eigenvalue weighted by Crippen LogP contribution is 2.47. The lowest BCUT2D eigenvalue weighted by Crippen LogP contribution is -2.55. The van der Waals surface area contributed by atoms with Crippen LogP contribution in [0.3, 0.4) is 0 Å². The zero-order chi connectivity index (χ0) is 18.5. The molecule has 0 bridgehead atoms. The van der Waals surface area contributed by atoms with E-state index < -0.39 is 0 Å². The van der Waals surface area contributed by atoms with Crippen LogP contribution in [0.1, 0.15) is 24.8 Å². The molecule has 1 aliphatic carbocycles. The van der Waals surface area contributed by atoms with Gasteiger partial charge in [-0.1, -0.05) is 0 Å². The number of carbonyl (C=O) groups excluding carboxylic acids is 2. The van der Waals surface area contributed by atoms with E-state index in [1.807, 2.05) is 0 Å². The number of carbonyl (C=O) groups is 2. The average Bonchev–Trinajstić information content (AvgIpc) is 2.94. The number of rotatable bonds is 3. The molecule has 3 amide bonds. The summed E-state index contributed by atoms with van der Waals surface area (Å²) in [4.78, 5) is 30.2. The van der Waals surface area contributed by atoms with Crippen LogP contribution in [0, 0.1) is 11.2 Å². The summed E-state index contributed by atoms with van der Waals surface area (Å²) in [5, 5.41) is 3.06. The van der Waals surface area contributed by atoms with Crippen LogP contribution in [-0.4, -0.2) is 61.5 Å². The third-order valence-electron chi connectivity index (χ3n) is 6.01. The van der Waals surface area contributed by atoms with Crippen LogP contribution in [0.15, 0.2) is 18.2 Å². The van der Waals surface area contributed by atoms with Gasteiger partial charge in [-0.05, 0) is 62.0 Å². The third-order valence-corrected chi connectivity index (χ3v) is 6.01. The topological polar surface area (TPSA) is 55.9 Å². The van der Waals surface area contributed by atoms with Gasteiger partial charge in [0.25, 0.3) is 0 Å². The van der Waals surface area contributed by atoms with Gasteiger partial charge in [-0.2, -0.15) is 0 Å². The number of fused-ring (bicyclic) bond motifs is 1. The minimum absolute atomic E-state index is 0.00251. The Bertz CT molecular complexity index is 747. The molecular formula is C19H25FN4O2. The molecule has 4 rings (SSSR count). The number of nitrogens with zero attached hydrogens (tertiary/aromatic N) is 3. The van der Waals surface area contributed by atoms with Gasteiger partial charge in [-0.3, -0.25) is 9.69 Å². The zero-order valence-electron chi connectivity index (χ0n) is 15.3. The van der Waals surface area contributed by atoms with E-state index in [0.717, 1.165) is 31.5 Å². The number of benzene rings is 1. The fourth-order valence-electron chi connectivity index (χ4n) is 4.75. The Morgan fingerprint density at radius 3 is 2.81 bits per heavy atom. The summed E-state index contributed by atoms with van der Waals surface area (Å²) >= 11 is 0. The maximum atomic E-state index is 13.5. The fraction of sp³-hybridized carbons (Fsp3) is 0.579. The smallest absolute Gasteiger partial charge is 0.325 e. The van der Waals surface area contributed by atoms with E-state index in [1.165, 1.54) is 28.4 Å². The summed E-state index contributed by atoms with van der Waals surface area (Å²) < 4.78 is 13.5. The highest BCUT2D eigenvalue weighted by molar-refractivity contribution is 5.96. The average molecular weight is 360 g/mol. The van der Waals surface area contributed by atoms with Crippen molar-refractivity contribution < 1.29 is 14.0 Å². The van der Waals surface area contributed by atoms with Crippen LogP contribution in [0.4, 0.5) is 14.9 Å². The van der Waals surface area contributed by atoms with Gasteiger partial charge in [0.2, 0.25) is 5.91 Å². The number of nitrogens with one attached hydrogen (secondary N) is 1. The maximum absolute atomic E-state index is 13.5. The quantitative estimate of drug-likeness (QED) is 0.894. The zero-order valence-corrected chi connectivity index (χ0v) is 15.3. The molecule has 2 aliphatic heterocycles. The van der Waals surface area contributed by atoms with E-state index in [1.54, 1.807) is 13.1 Å². The van der Waals surface area contributed by atoms with Gasteiger partial charge >= 0.3 is 6.03 Å². The van der Waals surface area contributed by atoms with Gasteiger partial charge in [-0.15, -0.1) is 0 Å². The van der Waals surface area contributed by atoms with E-state index >= 15 is 0 Å². The Kier molecular flexibility index (Phi) is 4.14. The molecule has 1 N–H and O–H groups in total. The first kappa shape index (κ1) is 17.3. The van der Waals surface area contributed by atoms with Crippen molar-refractivity contribution in [2.45, 2.75) is 31.8 Å². The lowest BCUT2D eigenvalue weighted by Gasteiger charge is -2.45. The van der Waals surface area contributed by atoms with Crippen LogP contribution in [0.2, 0.25) is 0 Å². The lowest BCUT2D eigenvalue weighted by molar-refractivity contribution is -0.124. The van der Waals surface area contributed by atoms with E-state index in [2.05, 4.69) is 17.3 Å². The summed E-state index contributed by atoms with van der Waals surface area (Å²) in [6.45, 7) is 2.49. The van der Waals surface area contributed by atoms with Crippen molar-refractivity contribution in [1.29, 1.82) is 0 Å². The van der Waals surface area contributed by atoms with E-state index in [4.69, 9.17) is 0 Å². The van der Waals surface area contributed by atoms with Gasteiger partial charge in [0.15, 0.2) is 0 Å². The molecule has 2 fully saturated rings. The van der Waals surface area contributed by atoms with E-state index in [-0.39, 0.29) is 36.9 Å². The molecule has 1 saturated carbocycles. The Morgan fingerprint density at radius 2 is 2.12 bits per heavy atom. The molecule has 6 nitrogen and oxygen atoms in total. The first-order valence-electron chi connectivity index (χ1n) is 9.14. The van der Waals surface area contributed by atoms with Crippen molar-refractivity contribution in [2.24, 2.45) is 5.41 Å². The molecule has 0 atom stereocenters. The number of urea groups is 1. The maximum Gasteiger partial charge on any atom is 0.325 e. The molecule has 0 aromatic heterocycles. The van der Waals surface area contributed by atoms with Crippen molar-refractivity contribution in [2.75, 3.05) is 38.6 Å². The monoisotopic (exact) mass is 360 g/mol. The Labute approximate surface area is 152 Å². The normalized spacial score (nSPS) is 28.3. The van der Waals surface area contributed by atoms with Gasteiger partial charge in [-0.25, -0.2) is 9.18 Å². The van der Waals surface area contributed by atoms with Crippen LogP contribution in [0.25, 0.3) is 0 Å². The largest absolute Gasteiger partial charge is 0.352 e. The van der Waals surface area contributed by atoms with Crippen LogP contribution in [0.5, 0.6) is 0 Å². The van der Waals surface area contributed by atoms with Gasteiger partial charge in [0, 0.05) is 19.6 Å². The molecule has 140 valence electrons. The molecule has 7 heteroatoms. The Balaban J connectivity index is 1.34. The molecule has 0 radical (unpaired) electrons. The summed E-state index contributed by atoms with van der Waals surface area (Å²) in [5.74, 6) is -0.477. The van der Waals surface area contributed by atoms with Gasteiger partial charge in [0.05, 0.1) is 12.2 Å². The first-order chi connectivity index (χ1) is 12.3. The SMILES string of the molecule is CN1CCC2(CC(NC(=O)CN3Cc4cc(F)ccc4N(C)C3=O)C2)C1. The third kappa shape index (κ3) is 3.05. The fourth-order valence-corrected chi connectivity index (χ4v) is 4.75. The van der Waals surface area contributed by atoms with Crippen molar-refractivity contribution in [3.05, 3.63) is 29.6 Å². The van der Waals surface area contributed by atoms with E-state index in [0.29, 0.717) is 11.1 Å². The summed E-state index contributed by atoms with van der Waals surface area (Å²) in [6, 6.07) is 4.35. The van der Waals surface area contributed by atoms with Crippen molar-refractivity contribution in [1.82, 2.24) is 15.1 Å². The highest BCUT2D eigenvalue weighted by Gasteiger charge is 2.48. The Hall–Kier alpha value is -2.15. The first-order valence-corrected chi connectivity index (χ1v) is 9.14. The van der Waals surface area contributed by atoms with Crippen LogP contribution in [-0.2, 0) is 11.3 Å². The predicted molar refractivity (Wildman–Crippen MR) is 96.3 cm³/mol. The van der Waals surface area contributed by atoms with Crippen molar-refractivity contribution in [3.8, 4) is 0 Å². The second kappa shape index (κ2) is 6.23. The molecule has 0 unspecified atom stereocenters. The van der Waals surface area contributed by atoms with E-state index in [9.17, 15) is 14.0 Å².